The molecule has 0 aromatic heterocycles. The molecule has 134 valence electrons. The molecule has 0 unspecified atom stereocenters. The number of nitrogens with zero attached hydrogens (tertiary/aromatic N) is 3. The Hall–Kier alpha value is -2.37. The molecule has 1 aromatic rings. The molecule has 3 rings (SSSR count). The maximum absolute atomic E-state index is 12.7. The van der Waals surface area contributed by atoms with Gasteiger partial charge < -0.3 is 9.80 Å². The van der Waals surface area contributed by atoms with Crippen LogP contribution in [-0.2, 0) is 9.59 Å². The van der Waals surface area contributed by atoms with E-state index in [2.05, 4.69) is 0 Å². The van der Waals surface area contributed by atoms with Crippen LogP contribution < -0.4 is 4.90 Å². The smallest absolute Gasteiger partial charge is 0.332 e. The summed E-state index contributed by atoms with van der Waals surface area (Å²) in [5, 5.41) is 0. The Labute approximate surface area is 148 Å². The van der Waals surface area contributed by atoms with Crippen molar-refractivity contribution in [2.45, 2.75) is 39.7 Å². The van der Waals surface area contributed by atoms with Crippen LogP contribution in [0.4, 0.5) is 10.5 Å². The maximum atomic E-state index is 12.7. The molecule has 2 aliphatic rings. The molecule has 0 spiro atoms. The highest BCUT2D eigenvalue weighted by Crippen LogP contribution is 2.27. The van der Waals surface area contributed by atoms with E-state index in [-0.39, 0.29) is 30.4 Å². The Morgan fingerprint density at radius 2 is 1.64 bits per heavy atom. The largest absolute Gasteiger partial charge is 0.342 e. The number of carbonyl (C=O) groups excluding carboxylic acids is 3. The van der Waals surface area contributed by atoms with E-state index in [9.17, 15) is 14.4 Å². The molecule has 25 heavy (non-hydrogen) atoms. The van der Waals surface area contributed by atoms with Gasteiger partial charge >= 0.3 is 6.03 Å². The van der Waals surface area contributed by atoms with Gasteiger partial charge in [-0.15, -0.1) is 0 Å². The lowest BCUT2D eigenvalue weighted by molar-refractivity contribution is -0.141. The monoisotopic (exact) mass is 343 g/mol. The molecule has 2 aliphatic heterocycles. The van der Waals surface area contributed by atoms with Crippen molar-refractivity contribution in [3.8, 4) is 0 Å². The van der Waals surface area contributed by atoms with Crippen molar-refractivity contribution in [2.75, 3.05) is 24.5 Å². The third-order valence-corrected chi connectivity index (χ3v) is 4.84. The number of hydrogen-bond donors (Lipinski definition) is 0. The molecule has 0 N–H and O–H groups in total. The number of imide groups is 1. The molecular weight excluding hydrogens is 318 g/mol. The molecule has 0 saturated carbocycles. The van der Waals surface area contributed by atoms with Crippen molar-refractivity contribution in [1.29, 1.82) is 0 Å². The van der Waals surface area contributed by atoms with Crippen LogP contribution in [0.15, 0.2) is 30.3 Å². The minimum absolute atomic E-state index is 0.00850. The number of para-hydroxylation sites is 1. The van der Waals surface area contributed by atoms with E-state index in [0.717, 1.165) is 0 Å². The molecule has 0 bridgehead atoms. The highest BCUT2D eigenvalue weighted by atomic mass is 16.2. The first-order valence-electron chi connectivity index (χ1n) is 8.77. The average molecular weight is 343 g/mol. The summed E-state index contributed by atoms with van der Waals surface area (Å²) in [6.45, 7) is 7.13. The molecule has 6 heteroatoms. The molecule has 4 amide bonds. The highest BCUT2D eigenvalue weighted by Gasteiger charge is 2.42. The van der Waals surface area contributed by atoms with Crippen molar-refractivity contribution in [1.82, 2.24) is 9.80 Å². The first-order valence-corrected chi connectivity index (χ1v) is 8.77. The lowest BCUT2D eigenvalue weighted by Gasteiger charge is -2.38. The highest BCUT2D eigenvalue weighted by molar-refractivity contribution is 6.19. The number of benzene rings is 1. The van der Waals surface area contributed by atoms with E-state index < -0.39 is 5.41 Å². The Bertz CT molecular complexity index is 673. The minimum atomic E-state index is -0.392. The Kier molecular flexibility index (Phi) is 4.54. The summed E-state index contributed by atoms with van der Waals surface area (Å²) in [6, 6.07) is 8.78. The van der Waals surface area contributed by atoms with Gasteiger partial charge in [0, 0.05) is 24.5 Å². The van der Waals surface area contributed by atoms with E-state index in [1.54, 1.807) is 17.0 Å². The fourth-order valence-electron chi connectivity index (χ4n) is 3.49. The van der Waals surface area contributed by atoms with Crippen molar-refractivity contribution in [3.63, 3.8) is 0 Å². The second-order valence-electron chi connectivity index (χ2n) is 7.75. The van der Waals surface area contributed by atoms with Crippen molar-refractivity contribution in [2.24, 2.45) is 5.41 Å². The Balaban J connectivity index is 1.66. The number of amides is 4. The Morgan fingerprint density at radius 1 is 1.04 bits per heavy atom. The predicted molar refractivity (Wildman–Crippen MR) is 95.1 cm³/mol. The fourth-order valence-corrected chi connectivity index (χ4v) is 3.49. The van der Waals surface area contributed by atoms with Crippen LogP contribution in [-0.4, -0.2) is 53.3 Å². The van der Waals surface area contributed by atoms with E-state index in [0.29, 0.717) is 31.6 Å². The summed E-state index contributed by atoms with van der Waals surface area (Å²) in [7, 11) is 0. The molecule has 6 nitrogen and oxygen atoms in total. The van der Waals surface area contributed by atoms with Crippen LogP contribution >= 0.6 is 0 Å². The van der Waals surface area contributed by atoms with Gasteiger partial charge in [-0.3, -0.25) is 9.59 Å². The summed E-state index contributed by atoms with van der Waals surface area (Å²) in [4.78, 5) is 42.3. The third-order valence-electron chi connectivity index (χ3n) is 4.84. The summed E-state index contributed by atoms with van der Waals surface area (Å²) < 4.78 is 0. The lowest BCUT2D eigenvalue weighted by Crippen LogP contribution is -2.50. The molecule has 0 atom stereocenters. The molecular formula is C19H25N3O3. The van der Waals surface area contributed by atoms with Crippen LogP contribution in [0.2, 0.25) is 0 Å². The first kappa shape index (κ1) is 17.5. The summed E-state index contributed by atoms with van der Waals surface area (Å²) in [5.74, 6) is -0.0508. The van der Waals surface area contributed by atoms with Crippen LogP contribution in [0.5, 0.6) is 0 Å². The molecule has 2 fully saturated rings. The van der Waals surface area contributed by atoms with E-state index in [4.69, 9.17) is 0 Å². The van der Waals surface area contributed by atoms with Crippen molar-refractivity contribution >= 4 is 23.5 Å². The van der Waals surface area contributed by atoms with Gasteiger partial charge in [0.1, 0.15) is 6.54 Å². The number of likely N-dealkylation sites (tertiary alicyclic amines) is 1. The van der Waals surface area contributed by atoms with Gasteiger partial charge in [-0.25, -0.2) is 9.69 Å². The molecule has 1 aromatic carbocycles. The van der Waals surface area contributed by atoms with Crippen LogP contribution in [0.25, 0.3) is 0 Å². The van der Waals surface area contributed by atoms with Gasteiger partial charge in [0.05, 0.1) is 5.69 Å². The van der Waals surface area contributed by atoms with Gasteiger partial charge in [0.25, 0.3) is 5.91 Å². The van der Waals surface area contributed by atoms with Crippen molar-refractivity contribution in [3.05, 3.63) is 30.3 Å². The second-order valence-corrected chi connectivity index (χ2v) is 7.75. The second kappa shape index (κ2) is 6.50. The fraction of sp³-hybridized carbons (Fsp3) is 0.526. The number of rotatable bonds is 2. The normalized spacial score (nSPS) is 19.7. The maximum Gasteiger partial charge on any atom is 0.332 e. The van der Waals surface area contributed by atoms with E-state index >= 15 is 0 Å². The standard InChI is InChI=1S/C19H25N3O3/c1-19(2,3)17(24)20-11-9-14(10-12-20)21-13-16(23)22(18(21)25)15-7-5-4-6-8-15/h4-8,14H,9-13H2,1-3H3. The van der Waals surface area contributed by atoms with Gasteiger partial charge in [0.15, 0.2) is 0 Å². The van der Waals surface area contributed by atoms with Gasteiger partial charge in [-0.05, 0) is 25.0 Å². The summed E-state index contributed by atoms with van der Waals surface area (Å²) in [5.41, 5.74) is 0.219. The number of piperidine rings is 1. The quantitative estimate of drug-likeness (QED) is 0.775. The minimum Gasteiger partial charge on any atom is -0.342 e. The first-order chi connectivity index (χ1) is 11.8. The topological polar surface area (TPSA) is 60.9 Å². The van der Waals surface area contributed by atoms with E-state index in [1.165, 1.54) is 4.90 Å². The molecule has 0 aliphatic carbocycles. The zero-order chi connectivity index (χ0) is 18.2. The summed E-state index contributed by atoms with van der Waals surface area (Å²) in [6.07, 6.45) is 1.42. The zero-order valence-corrected chi connectivity index (χ0v) is 15.1. The molecule has 2 heterocycles. The zero-order valence-electron chi connectivity index (χ0n) is 15.1. The number of hydrogen-bond acceptors (Lipinski definition) is 3. The SMILES string of the molecule is CC(C)(C)C(=O)N1CCC(N2CC(=O)N(c3ccccc3)C2=O)CC1. The van der Waals surface area contributed by atoms with Crippen molar-refractivity contribution < 1.29 is 14.4 Å². The van der Waals surface area contributed by atoms with Crippen LogP contribution in [0.1, 0.15) is 33.6 Å². The summed E-state index contributed by atoms with van der Waals surface area (Å²) >= 11 is 0. The lowest BCUT2D eigenvalue weighted by atomic mass is 9.92. The number of anilines is 1. The van der Waals surface area contributed by atoms with Gasteiger partial charge in [0.2, 0.25) is 5.91 Å². The van der Waals surface area contributed by atoms with Crippen LogP contribution in [0.3, 0.4) is 0 Å². The Morgan fingerprint density at radius 3 is 2.20 bits per heavy atom. The molecule has 2 saturated heterocycles. The molecule has 0 radical (unpaired) electrons. The van der Waals surface area contributed by atoms with Crippen LogP contribution in [0, 0.1) is 5.41 Å². The van der Waals surface area contributed by atoms with Gasteiger partial charge in [-0.2, -0.15) is 0 Å². The third kappa shape index (κ3) is 3.38. The predicted octanol–water partition coefficient (Wildman–Crippen LogP) is 2.49. The number of urea groups is 1. The van der Waals surface area contributed by atoms with Gasteiger partial charge in [-0.1, -0.05) is 39.0 Å². The van der Waals surface area contributed by atoms with E-state index in [1.807, 2.05) is 43.9 Å². The average Bonchev–Trinajstić information content (AvgIpc) is 2.89. The number of carbonyl (C=O) groups is 3.